The molecule has 0 aliphatic carbocycles. The number of hydrogen-bond donors (Lipinski definition) is 1. The lowest BCUT2D eigenvalue weighted by molar-refractivity contribution is -0.0508. The number of carbonyl (C=O) groups is 1. The van der Waals surface area contributed by atoms with Gasteiger partial charge in [0.1, 0.15) is 5.60 Å². The molecule has 1 heterocycles. The minimum Gasteiger partial charge on any atom is -0.444 e. The second kappa shape index (κ2) is 4.82. The van der Waals surface area contributed by atoms with E-state index in [0.717, 1.165) is 6.42 Å². The van der Waals surface area contributed by atoms with Crippen LogP contribution in [0.3, 0.4) is 0 Å². The highest BCUT2D eigenvalue weighted by atomic mass is 16.6. The molecule has 0 aromatic rings. The Bertz CT molecular complexity index is 278. The van der Waals surface area contributed by atoms with Crippen molar-refractivity contribution in [1.29, 1.82) is 0 Å². The van der Waals surface area contributed by atoms with Gasteiger partial charge in [-0.3, -0.25) is 0 Å². The molecule has 17 heavy (non-hydrogen) atoms. The van der Waals surface area contributed by atoms with Gasteiger partial charge >= 0.3 is 6.09 Å². The Morgan fingerprint density at radius 3 is 2.29 bits per heavy atom. The van der Waals surface area contributed by atoms with Crippen LogP contribution in [0.15, 0.2) is 0 Å². The maximum absolute atomic E-state index is 11.8. The zero-order chi connectivity index (χ0) is 13.3. The molecule has 1 saturated heterocycles. The van der Waals surface area contributed by atoms with Crippen LogP contribution < -0.4 is 5.73 Å². The Morgan fingerprint density at radius 2 is 1.94 bits per heavy atom. The average molecular weight is 243 g/mol. The molecule has 0 spiro atoms. The van der Waals surface area contributed by atoms with Crippen LogP contribution in [0.5, 0.6) is 0 Å². The van der Waals surface area contributed by atoms with E-state index in [1.165, 1.54) is 0 Å². The van der Waals surface area contributed by atoms with Crippen molar-refractivity contribution < 1.29 is 9.53 Å². The maximum Gasteiger partial charge on any atom is 0.410 e. The molecule has 5 nitrogen and oxygen atoms in total. The van der Waals surface area contributed by atoms with Gasteiger partial charge in [0.05, 0.1) is 5.54 Å². The highest BCUT2D eigenvalue weighted by molar-refractivity contribution is 5.69. The van der Waals surface area contributed by atoms with Crippen molar-refractivity contribution in [3.05, 3.63) is 0 Å². The first-order chi connectivity index (χ1) is 7.70. The third-order valence-corrected chi connectivity index (χ3v) is 3.18. The molecule has 1 amide bonds. The van der Waals surface area contributed by atoms with Crippen LogP contribution in [0.1, 0.15) is 27.2 Å². The molecular formula is C12H25N3O2. The monoisotopic (exact) mass is 243 g/mol. The van der Waals surface area contributed by atoms with E-state index in [4.69, 9.17) is 10.5 Å². The van der Waals surface area contributed by atoms with Crippen LogP contribution in [0, 0.1) is 0 Å². The number of rotatable bonds is 3. The molecule has 1 aliphatic heterocycles. The Labute approximate surface area is 104 Å². The van der Waals surface area contributed by atoms with Crippen molar-refractivity contribution in [1.82, 2.24) is 9.80 Å². The van der Waals surface area contributed by atoms with E-state index in [9.17, 15) is 4.79 Å². The second-order valence-electron chi connectivity index (χ2n) is 5.99. The predicted octanol–water partition coefficient (Wildman–Crippen LogP) is 0.886. The van der Waals surface area contributed by atoms with Gasteiger partial charge in [0.2, 0.25) is 0 Å². The third kappa shape index (κ3) is 3.33. The summed E-state index contributed by atoms with van der Waals surface area (Å²) in [6, 6.07) is 0. The van der Waals surface area contributed by atoms with E-state index in [1.807, 2.05) is 34.9 Å². The number of amides is 1. The number of ether oxygens (including phenoxy) is 1. The van der Waals surface area contributed by atoms with Gasteiger partial charge in [0, 0.05) is 13.1 Å². The highest BCUT2D eigenvalue weighted by Gasteiger charge is 2.47. The van der Waals surface area contributed by atoms with Crippen LogP contribution in [0.25, 0.3) is 0 Å². The number of likely N-dealkylation sites (tertiary alicyclic amines) is 1. The van der Waals surface area contributed by atoms with Crippen molar-refractivity contribution in [2.45, 2.75) is 38.3 Å². The molecule has 1 rings (SSSR count). The van der Waals surface area contributed by atoms with Crippen LogP contribution in [-0.4, -0.2) is 60.8 Å². The van der Waals surface area contributed by atoms with Gasteiger partial charge < -0.3 is 20.3 Å². The van der Waals surface area contributed by atoms with E-state index in [0.29, 0.717) is 19.6 Å². The second-order valence-corrected chi connectivity index (χ2v) is 5.99. The molecule has 0 radical (unpaired) electrons. The van der Waals surface area contributed by atoms with Crippen molar-refractivity contribution in [3.8, 4) is 0 Å². The molecule has 0 unspecified atom stereocenters. The fraction of sp³-hybridized carbons (Fsp3) is 0.917. The summed E-state index contributed by atoms with van der Waals surface area (Å²) in [5.74, 6) is 0. The minimum absolute atomic E-state index is 0.0334. The van der Waals surface area contributed by atoms with Gasteiger partial charge in [-0.05, 0) is 47.8 Å². The van der Waals surface area contributed by atoms with Crippen LogP contribution in [0.4, 0.5) is 4.79 Å². The SMILES string of the molecule is CN(C)C1(CCN)CN(C(=O)OC(C)(C)C)C1. The fourth-order valence-electron chi connectivity index (χ4n) is 2.05. The van der Waals surface area contributed by atoms with Crippen molar-refractivity contribution >= 4 is 6.09 Å². The molecule has 100 valence electrons. The van der Waals surface area contributed by atoms with E-state index in [-0.39, 0.29) is 11.6 Å². The van der Waals surface area contributed by atoms with Crippen molar-refractivity contribution in [3.63, 3.8) is 0 Å². The third-order valence-electron chi connectivity index (χ3n) is 3.18. The molecule has 5 heteroatoms. The largest absolute Gasteiger partial charge is 0.444 e. The van der Waals surface area contributed by atoms with Crippen LogP contribution >= 0.6 is 0 Å². The first-order valence-corrected chi connectivity index (χ1v) is 6.06. The molecule has 1 aliphatic rings. The predicted molar refractivity (Wildman–Crippen MR) is 67.9 cm³/mol. The van der Waals surface area contributed by atoms with Crippen molar-refractivity contribution in [2.24, 2.45) is 5.73 Å². The van der Waals surface area contributed by atoms with Crippen LogP contribution in [0.2, 0.25) is 0 Å². The first-order valence-electron chi connectivity index (χ1n) is 6.06. The lowest BCUT2D eigenvalue weighted by Gasteiger charge is -2.53. The van der Waals surface area contributed by atoms with Crippen LogP contribution in [-0.2, 0) is 4.74 Å². The standard InChI is InChI=1S/C12H25N3O2/c1-11(2,3)17-10(16)15-8-12(9-15,6-7-13)14(4)5/h6-9,13H2,1-5H3. The molecular weight excluding hydrogens is 218 g/mol. The summed E-state index contributed by atoms with van der Waals surface area (Å²) in [4.78, 5) is 15.7. The maximum atomic E-state index is 11.8. The average Bonchev–Trinajstić information content (AvgIpc) is 2.06. The fourth-order valence-corrected chi connectivity index (χ4v) is 2.05. The molecule has 0 atom stereocenters. The van der Waals surface area contributed by atoms with Gasteiger partial charge in [-0.1, -0.05) is 0 Å². The van der Waals surface area contributed by atoms with E-state index < -0.39 is 5.60 Å². The number of likely N-dealkylation sites (N-methyl/N-ethyl adjacent to an activating group) is 1. The first kappa shape index (κ1) is 14.3. The molecule has 0 aromatic carbocycles. The Morgan fingerprint density at radius 1 is 1.41 bits per heavy atom. The number of nitrogens with zero attached hydrogens (tertiary/aromatic N) is 2. The van der Waals surface area contributed by atoms with E-state index in [1.54, 1.807) is 4.90 Å². The van der Waals surface area contributed by atoms with E-state index in [2.05, 4.69) is 4.90 Å². The van der Waals surface area contributed by atoms with Gasteiger partial charge in [-0.2, -0.15) is 0 Å². The summed E-state index contributed by atoms with van der Waals surface area (Å²) in [7, 11) is 4.06. The number of hydrogen-bond acceptors (Lipinski definition) is 4. The van der Waals surface area contributed by atoms with Crippen molar-refractivity contribution in [2.75, 3.05) is 33.7 Å². The van der Waals surface area contributed by atoms with Gasteiger partial charge in [-0.15, -0.1) is 0 Å². The Hall–Kier alpha value is -0.810. The number of nitrogens with two attached hydrogens (primary N) is 1. The quantitative estimate of drug-likeness (QED) is 0.799. The van der Waals surface area contributed by atoms with Gasteiger partial charge in [0.25, 0.3) is 0 Å². The van der Waals surface area contributed by atoms with Gasteiger partial charge in [0.15, 0.2) is 0 Å². The molecule has 2 N–H and O–H groups in total. The summed E-state index contributed by atoms with van der Waals surface area (Å²) in [6.07, 6.45) is 0.672. The molecule has 0 aromatic heterocycles. The number of carbonyl (C=O) groups excluding carboxylic acids is 1. The van der Waals surface area contributed by atoms with Gasteiger partial charge in [-0.25, -0.2) is 4.79 Å². The normalized spacial score (nSPS) is 19.1. The van der Waals surface area contributed by atoms with E-state index >= 15 is 0 Å². The highest BCUT2D eigenvalue weighted by Crippen LogP contribution is 2.30. The minimum atomic E-state index is -0.429. The summed E-state index contributed by atoms with van der Waals surface area (Å²) < 4.78 is 5.33. The summed E-state index contributed by atoms with van der Waals surface area (Å²) in [5.41, 5.74) is 5.23. The molecule has 0 saturated carbocycles. The zero-order valence-corrected chi connectivity index (χ0v) is 11.6. The Balaban J connectivity index is 2.51. The lowest BCUT2D eigenvalue weighted by atomic mass is 9.85. The molecule has 1 fully saturated rings. The summed E-state index contributed by atoms with van der Waals surface area (Å²) >= 11 is 0. The summed E-state index contributed by atoms with van der Waals surface area (Å²) in [5, 5.41) is 0. The lowest BCUT2D eigenvalue weighted by Crippen LogP contribution is -2.70. The molecule has 0 bridgehead atoms. The summed E-state index contributed by atoms with van der Waals surface area (Å²) in [6.45, 7) is 7.68. The Kier molecular flexibility index (Phi) is 4.04. The zero-order valence-electron chi connectivity index (χ0n) is 11.6. The smallest absolute Gasteiger partial charge is 0.410 e. The topological polar surface area (TPSA) is 58.8 Å².